The van der Waals surface area contributed by atoms with Gasteiger partial charge in [-0.05, 0) is 24.6 Å². The Kier molecular flexibility index (Phi) is 4.93. The average Bonchev–Trinajstić information content (AvgIpc) is 2.65. The molecule has 0 aliphatic rings. The molecule has 0 bridgehead atoms. The number of hydrogen-bond acceptors (Lipinski definition) is 2. The van der Waals surface area contributed by atoms with E-state index in [9.17, 15) is 18.0 Å². The summed E-state index contributed by atoms with van der Waals surface area (Å²) < 4.78 is 35.6. The standard InChI is InChI=1S/C12H13F3OS/c1-2-4-9-6-7-11(17-9)10(16)5-3-8-12(13,14)15/h3,5-7H,2,4,8H2,1H3/b5-3+. The molecule has 0 aliphatic carbocycles. The van der Waals surface area contributed by atoms with E-state index in [1.54, 1.807) is 6.07 Å². The third kappa shape index (κ3) is 5.17. The maximum absolute atomic E-state index is 11.9. The number of carbonyl (C=O) groups is 1. The van der Waals surface area contributed by atoms with Crippen molar-refractivity contribution in [1.29, 1.82) is 0 Å². The van der Waals surface area contributed by atoms with Crippen molar-refractivity contribution < 1.29 is 18.0 Å². The molecule has 0 radical (unpaired) electrons. The number of hydrogen-bond donors (Lipinski definition) is 0. The molecule has 17 heavy (non-hydrogen) atoms. The smallest absolute Gasteiger partial charge is 0.288 e. The molecular weight excluding hydrogens is 249 g/mol. The van der Waals surface area contributed by atoms with Gasteiger partial charge in [0.15, 0.2) is 5.78 Å². The van der Waals surface area contributed by atoms with Crippen molar-refractivity contribution >= 4 is 17.1 Å². The predicted octanol–water partition coefficient (Wildman–Crippen LogP) is 4.39. The highest BCUT2D eigenvalue weighted by molar-refractivity contribution is 7.14. The molecule has 1 aromatic heterocycles. The van der Waals surface area contributed by atoms with E-state index in [0.29, 0.717) is 4.88 Å². The van der Waals surface area contributed by atoms with Gasteiger partial charge in [0.25, 0.3) is 0 Å². The first-order valence-corrected chi connectivity index (χ1v) is 6.10. The first-order chi connectivity index (χ1) is 7.92. The minimum atomic E-state index is -4.25. The van der Waals surface area contributed by atoms with Crippen LogP contribution in [-0.4, -0.2) is 12.0 Å². The van der Waals surface area contributed by atoms with Gasteiger partial charge in [-0.3, -0.25) is 4.79 Å². The highest BCUT2D eigenvalue weighted by Crippen LogP contribution is 2.21. The van der Waals surface area contributed by atoms with E-state index in [1.165, 1.54) is 11.3 Å². The SMILES string of the molecule is CCCc1ccc(C(=O)/C=C/CC(F)(F)F)s1. The Labute approximate surface area is 102 Å². The van der Waals surface area contributed by atoms with E-state index in [4.69, 9.17) is 0 Å². The summed E-state index contributed by atoms with van der Waals surface area (Å²) in [7, 11) is 0. The zero-order chi connectivity index (χ0) is 12.9. The second-order valence-electron chi connectivity index (χ2n) is 3.60. The molecule has 1 rings (SSSR count). The fraction of sp³-hybridized carbons (Fsp3) is 0.417. The lowest BCUT2D eigenvalue weighted by molar-refractivity contribution is -0.125. The number of aryl methyl sites for hydroxylation is 1. The Bertz CT molecular complexity index is 404. The molecule has 0 saturated heterocycles. The van der Waals surface area contributed by atoms with E-state index in [1.807, 2.05) is 13.0 Å². The fourth-order valence-corrected chi connectivity index (χ4v) is 2.30. The van der Waals surface area contributed by atoms with E-state index < -0.39 is 12.6 Å². The van der Waals surface area contributed by atoms with Crippen molar-refractivity contribution in [1.82, 2.24) is 0 Å². The largest absolute Gasteiger partial charge is 0.392 e. The molecule has 0 unspecified atom stereocenters. The second-order valence-corrected chi connectivity index (χ2v) is 4.77. The van der Waals surface area contributed by atoms with Crippen molar-refractivity contribution in [3.8, 4) is 0 Å². The Morgan fingerprint density at radius 2 is 2.12 bits per heavy atom. The molecule has 0 N–H and O–H groups in total. The summed E-state index contributed by atoms with van der Waals surface area (Å²) >= 11 is 1.34. The number of carbonyl (C=O) groups excluding carboxylic acids is 1. The topological polar surface area (TPSA) is 17.1 Å². The first kappa shape index (κ1) is 14.0. The zero-order valence-corrected chi connectivity index (χ0v) is 10.2. The van der Waals surface area contributed by atoms with Crippen LogP contribution >= 0.6 is 11.3 Å². The van der Waals surface area contributed by atoms with Crippen LogP contribution in [0.3, 0.4) is 0 Å². The van der Waals surface area contributed by atoms with E-state index in [-0.39, 0.29) is 5.78 Å². The summed E-state index contributed by atoms with van der Waals surface area (Å²) in [6, 6.07) is 3.51. The van der Waals surface area contributed by atoms with Crippen LogP contribution in [0.1, 0.15) is 34.3 Å². The van der Waals surface area contributed by atoms with Crippen molar-refractivity contribution in [2.45, 2.75) is 32.4 Å². The predicted molar refractivity (Wildman–Crippen MR) is 62.5 cm³/mol. The van der Waals surface area contributed by atoms with Crippen LogP contribution in [0.2, 0.25) is 0 Å². The van der Waals surface area contributed by atoms with Gasteiger partial charge in [-0.15, -0.1) is 11.3 Å². The van der Waals surface area contributed by atoms with Gasteiger partial charge in [0, 0.05) is 4.88 Å². The Hall–Kier alpha value is -1.10. The molecule has 0 saturated carbocycles. The van der Waals surface area contributed by atoms with Crippen LogP contribution in [0.4, 0.5) is 13.2 Å². The van der Waals surface area contributed by atoms with Gasteiger partial charge in [0.1, 0.15) is 0 Å². The zero-order valence-electron chi connectivity index (χ0n) is 9.38. The second kappa shape index (κ2) is 6.00. The van der Waals surface area contributed by atoms with Gasteiger partial charge in [0.05, 0.1) is 11.3 Å². The van der Waals surface area contributed by atoms with Crippen LogP contribution in [0, 0.1) is 0 Å². The lowest BCUT2D eigenvalue weighted by Crippen LogP contribution is -2.04. The number of thiophene rings is 1. The van der Waals surface area contributed by atoms with E-state index in [0.717, 1.165) is 29.9 Å². The number of ketones is 1. The van der Waals surface area contributed by atoms with Gasteiger partial charge >= 0.3 is 6.18 Å². The Morgan fingerprint density at radius 3 is 2.71 bits per heavy atom. The monoisotopic (exact) mass is 262 g/mol. The quantitative estimate of drug-likeness (QED) is 0.568. The molecule has 0 amide bonds. The lowest BCUT2D eigenvalue weighted by Gasteiger charge is -1.99. The van der Waals surface area contributed by atoms with Crippen LogP contribution in [0.25, 0.3) is 0 Å². The number of halogens is 3. The summed E-state index contributed by atoms with van der Waals surface area (Å²) in [6.45, 7) is 2.03. The molecule has 0 aromatic carbocycles. The number of alkyl halides is 3. The molecule has 94 valence electrons. The molecule has 0 spiro atoms. The molecule has 1 heterocycles. The minimum absolute atomic E-state index is 0.360. The summed E-state index contributed by atoms with van der Waals surface area (Å²) in [5.41, 5.74) is 0. The van der Waals surface area contributed by atoms with Crippen LogP contribution < -0.4 is 0 Å². The van der Waals surface area contributed by atoms with Gasteiger partial charge < -0.3 is 0 Å². The van der Waals surface area contributed by atoms with Crippen molar-refractivity contribution in [3.63, 3.8) is 0 Å². The third-order valence-corrected chi connectivity index (χ3v) is 3.18. The Morgan fingerprint density at radius 1 is 1.41 bits per heavy atom. The molecular formula is C12H13F3OS. The van der Waals surface area contributed by atoms with Crippen LogP contribution in [0.15, 0.2) is 24.3 Å². The van der Waals surface area contributed by atoms with Crippen LogP contribution in [-0.2, 0) is 6.42 Å². The van der Waals surface area contributed by atoms with E-state index in [2.05, 4.69) is 0 Å². The van der Waals surface area contributed by atoms with Crippen molar-refractivity contribution in [2.75, 3.05) is 0 Å². The molecule has 0 atom stereocenters. The summed E-state index contributed by atoms with van der Waals surface area (Å²) in [6.07, 6.45) is -1.58. The molecule has 0 fully saturated rings. The maximum atomic E-state index is 11.9. The molecule has 5 heteroatoms. The van der Waals surface area contributed by atoms with Gasteiger partial charge in [-0.25, -0.2) is 0 Å². The van der Waals surface area contributed by atoms with Gasteiger partial charge in [-0.2, -0.15) is 13.2 Å². The highest BCUT2D eigenvalue weighted by Gasteiger charge is 2.24. The normalized spacial score (nSPS) is 12.2. The third-order valence-electron chi connectivity index (χ3n) is 2.02. The molecule has 0 aliphatic heterocycles. The first-order valence-electron chi connectivity index (χ1n) is 5.28. The van der Waals surface area contributed by atoms with Gasteiger partial charge in [-0.1, -0.05) is 19.4 Å². The van der Waals surface area contributed by atoms with E-state index >= 15 is 0 Å². The molecule has 1 nitrogen and oxygen atoms in total. The summed E-state index contributed by atoms with van der Waals surface area (Å²) in [4.78, 5) is 13.1. The lowest BCUT2D eigenvalue weighted by atomic mass is 10.2. The summed E-state index contributed by atoms with van der Waals surface area (Å²) in [5.74, 6) is -0.360. The van der Waals surface area contributed by atoms with Crippen molar-refractivity contribution in [2.24, 2.45) is 0 Å². The van der Waals surface area contributed by atoms with Gasteiger partial charge in [0.2, 0.25) is 0 Å². The number of rotatable bonds is 5. The average molecular weight is 262 g/mol. The minimum Gasteiger partial charge on any atom is -0.288 e. The Balaban J connectivity index is 2.57. The maximum Gasteiger partial charge on any atom is 0.392 e. The van der Waals surface area contributed by atoms with Crippen molar-refractivity contribution in [3.05, 3.63) is 34.0 Å². The highest BCUT2D eigenvalue weighted by atomic mass is 32.1. The van der Waals surface area contributed by atoms with Crippen LogP contribution in [0.5, 0.6) is 0 Å². The molecule has 1 aromatic rings. The summed E-state index contributed by atoms with van der Waals surface area (Å²) in [5, 5.41) is 0. The fourth-order valence-electron chi connectivity index (χ4n) is 1.27. The number of allylic oxidation sites excluding steroid dienone is 2.